The van der Waals surface area contributed by atoms with E-state index in [1.54, 1.807) is 12.1 Å². The predicted molar refractivity (Wildman–Crippen MR) is 97.7 cm³/mol. The highest BCUT2D eigenvalue weighted by Crippen LogP contribution is 2.29. The summed E-state index contributed by atoms with van der Waals surface area (Å²) in [5, 5.41) is 21.0. The molecule has 1 saturated heterocycles. The minimum atomic E-state index is -1.42. The maximum Gasteiger partial charge on any atom is 0.351 e. The standard InChI is InChI=1S/C18H18N4O8/c19-12-5-6-21(18(27)20-12)17-14(24)13(23)11(30-17)7-28-8-29-22-15(25)9-3-1-2-4-10(9)16(22)26/h1-6,11,13-14,17,23-24H,7-8H2,(H2,19,20,27)/t11-,13-,14-,17-/m1/s1. The fourth-order valence-electron chi connectivity index (χ4n) is 3.25. The Kier molecular flexibility index (Phi) is 5.32. The number of nitrogens with zero attached hydrogens (tertiary/aromatic N) is 3. The number of amides is 2. The smallest absolute Gasteiger partial charge is 0.351 e. The van der Waals surface area contributed by atoms with Crippen molar-refractivity contribution < 1.29 is 34.1 Å². The highest BCUT2D eigenvalue weighted by Gasteiger charge is 2.44. The van der Waals surface area contributed by atoms with Gasteiger partial charge in [-0.3, -0.25) is 14.2 Å². The van der Waals surface area contributed by atoms with Crippen LogP contribution >= 0.6 is 0 Å². The molecule has 12 nitrogen and oxygen atoms in total. The zero-order chi connectivity index (χ0) is 21.4. The number of aliphatic hydroxyl groups excluding tert-OH is 2. The molecule has 2 aliphatic rings. The molecule has 0 aliphatic carbocycles. The lowest BCUT2D eigenvalue weighted by molar-refractivity contribution is -0.184. The number of aliphatic hydroxyl groups is 2. The van der Waals surface area contributed by atoms with Crippen LogP contribution in [0.25, 0.3) is 0 Å². The van der Waals surface area contributed by atoms with Gasteiger partial charge in [0.1, 0.15) is 24.1 Å². The summed E-state index contributed by atoms with van der Waals surface area (Å²) < 4.78 is 11.8. The average Bonchev–Trinajstić information content (AvgIpc) is 3.14. The maximum atomic E-state index is 12.2. The van der Waals surface area contributed by atoms with Gasteiger partial charge in [0.25, 0.3) is 11.8 Å². The average molecular weight is 418 g/mol. The molecule has 3 heterocycles. The molecule has 2 amide bonds. The second kappa shape index (κ2) is 7.93. The molecule has 4 rings (SSSR count). The van der Waals surface area contributed by atoms with E-state index in [-0.39, 0.29) is 23.6 Å². The lowest BCUT2D eigenvalue weighted by Gasteiger charge is -2.17. The Balaban J connectivity index is 1.32. The van der Waals surface area contributed by atoms with Crippen LogP contribution in [-0.4, -0.2) is 68.4 Å². The maximum absolute atomic E-state index is 12.2. The number of carbonyl (C=O) groups is 2. The van der Waals surface area contributed by atoms with Gasteiger partial charge < -0.3 is 25.4 Å². The molecule has 1 fully saturated rings. The van der Waals surface area contributed by atoms with Crippen LogP contribution in [0.5, 0.6) is 0 Å². The summed E-state index contributed by atoms with van der Waals surface area (Å²) in [5.41, 5.74) is 5.14. The van der Waals surface area contributed by atoms with E-state index in [4.69, 9.17) is 20.0 Å². The van der Waals surface area contributed by atoms with E-state index < -0.39 is 48.8 Å². The number of rotatable bonds is 6. The van der Waals surface area contributed by atoms with E-state index in [1.165, 1.54) is 24.4 Å². The molecule has 30 heavy (non-hydrogen) atoms. The number of nitrogens with two attached hydrogens (primary N) is 1. The number of imide groups is 1. The highest BCUT2D eigenvalue weighted by molar-refractivity contribution is 6.20. The van der Waals surface area contributed by atoms with Crippen molar-refractivity contribution >= 4 is 17.6 Å². The third kappa shape index (κ3) is 3.46. The Bertz CT molecular complexity index is 1010. The quantitative estimate of drug-likeness (QED) is 0.290. The molecule has 0 unspecified atom stereocenters. The molecule has 0 spiro atoms. The highest BCUT2D eigenvalue weighted by atomic mass is 16.8. The number of benzene rings is 1. The predicted octanol–water partition coefficient (Wildman–Crippen LogP) is -1.35. The third-order valence-corrected chi connectivity index (χ3v) is 4.77. The number of anilines is 1. The van der Waals surface area contributed by atoms with Gasteiger partial charge in [-0.15, -0.1) is 5.06 Å². The van der Waals surface area contributed by atoms with Crippen molar-refractivity contribution in [3.8, 4) is 0 Å². The number of aromatic nitrogens is 2. The summed E-state index contributed by atoms with van der Waals surface area (Å²) in [6, 6.07) is 7.64. The lowest BCUT2D eigenvalue weighted by atomic mass is 10.1. The first kappa shape index (κ1) is 20.1. The molecule has 0 bridgehead atoms. The van der Waals surface area contributed by atoms with Crippen LogP contribution in [0.1, 0.15) is 26.9 Å². The van der Waals surface area contributed by atoms with Crippen molar-refractivity contribution in [2.24, 2.45) is 0 Å². The van der Waals surface area contributed by atoms with Gasteiger partial charge in [-0.25, -0.2) is 9.63 Å². The van der Waals surface area contributed by atoms with Gasteiger partial charge >= 0.3 is 5.69 Å². The number of carbonyl (C=O) groups excluding carboxylic acids is 2. The molecule has 4 N–H and O–H groups in total. The Morgan fingerprint density at radius 3 is 2.37 bits per heavy atom. The second-order valence-electron chi connectivity index (χ2n) is 6.66. The van der Waals surface area contributed by atoms with Gasteiger partial charge in [0.2, 0.25) is 0 Å². The summed E-state index contributed by atoms with van der Waals surface area (Å²) in [4.78, 5) is 45.0. The number of hydrogen-bond acceptors (Lipinski definition) is 10. The summed E-state index contributed by atoms with van der Waals surface area (Å²) in [5.74, 6) is -1.21. The minimum Gasteiger partial charge on any atom is -0.387 e. The van der Waals surface area contributed by atoms with Crippen LogP contribution in [-0.2, 0) is 14.3 Å². The number of fused-ring (bicyclic) bond motifs is 1. The lowest BCUT2D eigenvalue weighted by Crippen LogP contribution is -2.36. The van der Waals surface area contributed by atoms with Crippen molar-refractivity contribution in [3.05, 3.63) is 58.1 Å². The zero-order valence-corrected chi connectivity index (χ0v) is 15.5. The topological polar surface area (TPSA) is 166 Å². The van der Waals surface area contributed by atoms with Gasteiger partial charge in [0.15, 0.2) is 13.0 Å². The van der Waals surface area contributed by atoms with E-state index in [9.17, 15) is 24.6 Å². The fraction of sp³-hybridized carbons (Fsp3) is 0.333. The van der Waals surface area contributed by atoms with Crippen molar-refractivity contribution in [1.82, 2.24) is 14.6 Å². The zero-order valence-electron chi connectivity index (χ0n) is 15.5. The Labute approximate surface area is 169 Å². The summed E-state index contributed by atoms with van der Waals surface area (Å²) >= 11 is 0. The number of nitrogen functional groups attached to an aromatic ring is 1. The summed E-state index contributed by atoms with van der Waals surface area (Å²) in [6.07, 6.45) is -3.68. The molecule has 2 aromatic rings. The monoisotopic (exact) mass is 418 g/mol. The summed E-state index contributed by atoms with van der Waals surface area (Å²) in [7, 11) is 0. The number of hydroxylamine groups is 2. The van der Waals surface area contributed by atoms with Gasteiger partial charge in [-0.05, 0) is 18.2 Å². The first-order valence-corrected chi connectivity index (χ1v) is 8.93. The minimum absolute atomic E-state index is 0.00877. The molecule has 0 saturated carbocycles. The SMILES string of the molecule is Nc1ccn([C@@H]2O[C@H](COCON3C(=O)c4ccccc4C3=O)[C@@H](O)[C@H]2O)c(=O)n1. The van der Waals surface area contributed by atoms with Gasteiger partial charge in [0.05, 0.1) is 17.7 Å². The van der Waals surface area contributed by atoms with Gasteiger partial charge in [-0.2, -0.15) is 4.98 Å². The normalized spacial score (nSPS) is 25.7. The van der Waals surface area contributed by atoms with E-state index in [0.717, 1.165) is 4.57 Å². The van der Waals surface area contributed by atoms with E-state index >= 15 is 0 Å². The number of ether oxygens (including phenoxy) is 2. The van der Waals surface area contributed by atoms with Crippen molar-refractivity contribution in [2.45, 2.75) is 24.5 Å². The number of hydrogen-bond donors (Lipinski definition) is 3. The van der Waals surface area contributed by atoms with Gasteiger partial charge in [0, 0.05) is 6.20 Å². The molecule has 12 heteroatoms. The third-order valence-electron chi connectivity index (χ3n) is 4.77. The van der Waals surface area contributed by atoms with E-state index in [1.807, 2.05) is 0 Å². The van der Waals surface area contributed by atoms with Crippen LogP contribution in [0.4, 0.5) is 5.82 Å². The molecular formula is C18H18N4O8. The van der Waals surface area contributed by atoms with Crippen LogP contribution in [0.15, 0.2) is 41.3 Å². The van der Waals surface area contributed by atoms with Crippen LogP contribution in [0.3, 0.4) is 0 Å². The summed E-state index contributed by atoms with van der Waals surface area (Å²) in [6.45, 7) is -0.725. The second-order valence-corrected chi connectivity index (χ2v) is 6.66. The Morgan fingerprint density at radius 2 is 1.73 bits per heavy atom. The van der Waals surface area contributed by atoms with Crippen molar-refractivity contribution in [3.63, 3.8) is 0 Å². The van der Waals surface area contributed by atoms with Gasteiger partial charge in [-0.1, -0.05) is 12.1 Å². The first-order valence-electron chi connectivity index (χ1n) is 8.93. The molecule has 2 aliphatic heterocycles. The van der Waals surface area contributed by atoms with Crippen molar-refractivity contribution in [2.75, 3.05) is 19.1 Å². The Morgan fingerprint density at radius 1 is 1.07 bits per heavy atom. The van der Waals surface area contributed by atoms with Crippen LogP contribution in [0.2, 0.25) is 0 Å². The largest absolute Gasteiger partial charge is 0.387 e. The van der Waals surface area contributed by atoms with Crippen LogP contribution < -0.4 is 11.4 Å². The Hall–Kier alpha value is -3.16. The fourth-order valence-corrected chi connectivity index (χ4v) is 3.25. The van der Waals surface area contributed by atoms with E-state index in [2.05, 4.69) is 4.98 Å². The molecule has 1 aromatic heterocycles. The molecule has 4 atom stereocenters. The molecule has 158 valence electrons. The molecular weight excluding hydrogens is 400 g/mol. The van der Waals surface area contributed by atoms with Crippen LogP contribution in [0, 0.1) is 0 Å². The van der Waals surface area contributed by atoms with Crippen molar-refractivity contribution in [1.29, 1.82) is 0 Å². The van der Waals surface area contributed by atoms with E-state index in [0.29, 0.717) is 5.06 Å². The molecule has 0 radical (unpaired) electrons. The first-order chi connectivity index (χ1) is 14.4. The molecule has 1 aromatic carbocycles.